The standard InChI is InChI=1S/C8H7N5O3/c9-12-11-3-1-2-6-4-7(13(15)16)5-10-8(6)14/h1-2,4-5H,3H2,(H,10,14). The Kier molecular flexibility index (Phi) is 3.82. The molecule has 0 aliphatic rings. The van der Waals surface area contributed by atoms with Gasteiger partial charge in [-0.1, -0.05) is 17.3 Å². The molecule has 0 aliphatic carbocycles. The Labute approximate surface area is 89.0 Å². The number of pyridine rings is 1. The molecule has 0 radical (unpaired) electrons. The molecule has 82 valence electrons. The van der Waals surface area contributed by atoms with Gasteiger partial charge in [-0.3, -0.25) is 14.9 Å². The monoisotopic (exact) mass is 221 g/mol. The molecule has 1 rings (SSSR count). The lowest BCUT2D eigenvalue weighted by molar-refractivity contribution is -0.385. The van der Waals surface area contributed by atoms with E-state index < -0.39 is 10.5 Å². The second kappa shape index (κ2) is 5.32. The molecule has 1 N–H and O–H groups in total. The number of azide groups is 1. The lowest BCUT2D eigenvalue weighted by atomic mass is 10.2. The first-order valence-electron chi connectivity index (χ1n) is 4.19. The third-order valence-corrected chi connectivity index (χ3v) is 1.68. The molecule has 0 saturated carbocycles. The van der Waals surface area contributed by atoms with Crippen molar-refractivity contribution in [1.29, 1.82) is 0 Å². The van der Waals surface area contributed by atoms with Crippen LogP contribution in [-0.2, 0) is 0 Å². The number of rotatable bonds is 4. The molecule has 0 aromatic carbocycles. The molecule has 0 saturated heterocycles. The van der Waals surface area contributed by atoms with Gasteiger partial charge in [0, 0.05) is 23.1 Å². The molecule has 0 spiro atoms. The van der Waals surface area contributed by atoms with E-state index in [1.54, 1.807) is 0 Å². The normalized spacial score (nSPS) is 10.0. The van der Waals surface area contributed by atoms with Crippen LogP contribution >= 0.6 is 0 Å². The average Bonchev–Trinajstić information content (AvgIpc) is 2.26. The summed E-state index contributed by atoms with van der Waals surface area (Å²) in [4.78, 5) is 25.8. The Morgan fingerprint density at radius 2 is 2.44 bits per heavy atom. The molecule has 1 aromatic heterocycles. The van der Waals surface area contributed by atoms with Gasteiger partial charge in [-0.15, -0.1) is 0 Å². The van der Waals surface area contributed by atoms with Gasteiger partial charge in [0.25, 0.3) is 11.2 Å². The predicted molar refractivity (Wildman–Crippen MR) is 56.8 cm³/mol. The van der Waals surface area contributed by atoms with Gasteiger partial charge in [-0.05, 0) is 5.53 Å². The van der Waals surface area contributed by atoms with Crippen LogP contribution in [0, 0.1) is 10.1 Å². The average molecular weight is 221 g/mol. The maximum Gasteiger partial charge on any atom is 0.286 e. The van der Waals surface area contributed by atoms with Crippen molar-refractivity contribution in [3.63, 3.8) is 0 Å². The van der Waals surface area contributed by atoms with Crippen LogP contribution in [0.2, 0.25) is 0 Å². The summed E-state index contributed by atoms with van der Waals surface area (Å²) in [5.41, 5.74) is 7.50. The van der Waals surface area contributed by atoms with Gasteiger partial charge in [0.05, 0.1) is 11.1 Å². The van der Waals surface area contributed by atoms with Crippen LogP contribution in [0.25, 0.3) is 16.5 Å². The summed E-state index contributed by atoms with van der Waals surface area (Å²) in [7, 11) is 0. The fourth-order valence-electron chi connectivity index (χ4n) is 0.982. The lowest BCUT2D eigenvalue weighted by Gasteiger charge is -1.93. The maximum absolute atomic E-state index is 11.2. The van der Waals surface area contributed by atoms with Gasteiger partial charge in [0.1, 0.15) is 0 Å². The van der Waals surface area contributed by atoms with Gasteiger partial charge in [0.15, 0.2) is 0 Å². The van der Waals surface area contributed by atoms with Crippen LogP contribution in [0.15, 0.2) is 28.2 Å². The molecular formula is C8H7N5O3. The van der Waals surface area contributed by atoms with Crippen molar-refractivity contribution < 1.29 is 4.92 Å². The molecule has 0 bridgehead atoms. The third-order valence-electron chi connectivity index (χ3n) is 1.68. The summed E-state index contributed by atoms with van der Waals surface area (Å²) >= 11 is 0. The number of aromatic nitrogens is 1. The van der Waals surface area contributed by atoms with Crippen molar-refractivity contribution in [3.8, 4) is 0 Å². The highest BCUT2D eigenvalue weighted by Crippen LogP contribution is 2.08. The van der Waals surface area contributed by atoms with Gasteiger partial charge in [-0.25, -0.2) is 0 Å². The van der Waals surface area contributed by atoms with Gasteiger partial charge >= 0.3 is 0 Å². The van der Waals surface area contributed by atoms with E-state index >= 15 is 0 Å². The summed E-state index contributed by atoms with van der Waals surface area (Å²) in [6.45, 7) is 0.0820. The number of nitro groups is 1. The van der Waals surface area contributed by atoms with Gasteiger partial charge < -0.3 is 4.98 Å². The minimum absolute atomic E-state index is 0.0820. The third kappa shape index (κ3) is 2.96. The largest absolute Gasteiger partial charge is 0.322 e. The van der Waals surface area contributed by atoms with Crippen LogP contribution < -0.4 is 5.56 Å². The van der Waals surface area contributed by atoms with E-state index in [9.17, 15) is 14.9 Å². The Hall–Kier alpha value is -2.60. The molecule has 16 heavy (non-hydrogen) atoms. The van der Waals surface area contributed by atoms with Gasteiger partial charge in [-0.2, -0.15) is 0 Å². The van der Waals surface area contributed by atoms with Crippen LogP contribution in [0.1, 0.15) is 5.56 Å². The zero-order chi connectivity index (χ0) is 12.0. The van der Waals surface area contributed by atoms with Gasteiger partial charge in [0.2, 0.25) is 0 Å². The van der Waals surface area contributed by atoms with E-state index in [1.165, 1.54) is 12.2 Å². The highest BCUT2D eigenvalue weighted by Gasteiger charge is 2.07. The summed E-state index contributed by atoms with van der Waals surface area (Å²) in [6, 6.07) is 1.14. The minimum atomic E-state index is -0.610. The van der Waals surface area contributed by atoms with Crippen molar-refractivity contribution in [2.45, 2.75) is 0 Å². The van der Waals surface area contributed by atoms with Crippen molar-refractivity contribution in [2.75, 3.05) is 6.54 Å². The van der Waals surface area contributed by atoms with Crippen molar-refractivity contribution in [1.82, 2.24) is 4.98 Å². The Bertz CT molecular complexity index is 527. The maximum atomic E-state index is 11.2. The number of hydrogen-bond donors (Lipinski definition) is 1. The van der Waals surface area contributed by atoms with Crippen LogP contribution in [0.4, 0.5) is 5.69 Å². The van der Waals surface area contributed by atoms with Crippen molar-refractivity contribution in [2.24, 2.45) is 5.11 Å². The first-order valence-corrected chi connectivity index (χ1v) is 4.19. The molecule has 8 heteroatoms. The smallest absolute Gasteiger partial charge is 0.286 e. The van der Waals surface area contributed by atoms with Crippen molar-refractivity contribution in [3.05, 3.63) is 54.8 Å². The first-order chi connectivity index (χ1) is 7.65. The topological polar surface area (TPSA) is 125 Å². The SMILES string of the molecule is [N-]=[N+]=NCC=Cc1cc([N+](=O)[O-])c[nH]c1=O. The summed E-state index contributed by atoms with van der Waals surface area (Å²) in [5, 5.41) is 13.7. The summed E-state index contributed by atoms with van der Waals surface area (Å²) < 4.78 is 0. The fourth-order valence-corrected chi connectivity index (χ4v) is 0.982. The Balaban J connectivity index is 2.98. The number of nitrogens with zero attached hydrogens (tertiary/aromatic N) is 4. The van der Waals surface area contributed by atoms with E-state index in [0.717, 1.165) is 12.3 Å². The molecule has 1 aromatic rings. The van der Waals surface area contributed by atoms with E-state index in [-0.39, 0.29) is 17.8 Å². The first kappa shape index (κ1) is 11.5. The van der Waals surface area contributed by atoms with Crippen molar-refractivity contribution >= 4 is 11.8 Å². The quantitative estimate of drug-likeness (QED) is 0.273. The van der Waals surface area contributed by atoms with E-state index in [4.69, 9.17) is 5.53 Å². The molecule has 0 aliphatic heterocycles. The summed E-state index contributed by atoms with van der Waals surface area (Å²) in [6.07, 6.45) is 3.82. The minimum Gasteiger partial charge on any atom is -0.322 e. The molecule has 0 amide bonds. The zero-order valence-corrected chi connectivity index (χ0v) is 8.03. The highest BCUT2D eigenvalue weighted by atomic mass is 16.6. The van der Waals surface area contributed by atoms with Crippen LogP contribution in [0.3, 0.4) is 0 Å². The Morgan fingerprint density at radius 1 is 1.69 bits per heavy atom. The number of aromatic amines is 1. The fraction of sp³-hybridized carbons (Fsp3) is 0.125. The Morgan fingerprint density at radius 3 is 3.06 bits per heavy atom. The second-order valence-corrected chi connectivity index (χ2v) is 2.72. The number of hydrogen-bond acceptors (Lipinski definition) is 4. The summed E-state index contributed by atoms with van der Waals surface area (Å²) in [5.74, 6) is 0. The molecular weight excluding hydrogens is 214 g/mol. The second-order valence-electron chi connectivity index (χ2n) is 2.72. The number of nitrogens with one attached hydrogen (secondary N) is 1. The van der Waals surface area contributed by atoms with E-state index in [1.807, 2.05) is 0 Å². The zero-order valence-electron chi connectivity index (χ0n) is 8.03. The highest BCUT2D eigenvalue weighted by molar-refractivity contribution is 5.51. The lowest BCUT2D eigenvalue weighted by Crippen LogP contribution is -2.09. The molecule has 0 atom stereocenters. The molecule has 1 heterocycles. The molecule has 8 nitrogen and oxygen atoms in total. The number of H-pyrrole nitrogens is 1. The van der Waals surface area contributed by atoms with Crippen LogP contribution in [-0.4, -0.2) is 16.5 Å². The molecule has 0 fully saturated rings. The van der Waals surface area contributed by atoms with E-state index in [2.05, 4.69) is 15.0 Å². The van der Waals surface area contributed by atoms with E-state index in [0.29, 0.717) is 0 Å². The molecule has 0 unspecified atom stereocenters. The van der Waals surface area contributed by atoms with Crippen LogP contribution in [0.5, 0.6) is 0 Å². The predicted octanol–water partition coefficient (Wildman–Crippen LogP) is 1.61.